The summed E-state index contributed by atoms with van der Waals surface area (Å²) in [5.74, 6) is 0.185. The molecule has 2 atom stereocenters. The molecule has 1 heterocycles. The number of hydrogen-bond donors (Lipinski definition) is 1. The number of rotatable bonds is 7. The van der Waals surface area contributed by atoms with Crippen molar-refractivity contribution in [2.75, 3.05) is 20.1 Å². The molecule has 110 valence electrons. The van der Waals surface area contributed by atoms with E-state index in [4.69, 9.17) is 18.0 Å². The number of carbonyl (C=O) groups is 1. The molecule has 0 aromatic heterocycles. The van der Waals surface area contributed by atoms with Crippen molar-refractivity contribution >= 4 is 23.1 Å². The van der Waals surface area contributed by atoms with Crippen LogP contribution in [0.4, 0.5) is 0 Å². The molecule has 19 heavy (non-hydrogen) atoms. The van der Waals surface area contributed by atoms with Crippen LogP contribution in [-0.4, -0.2) is 52.9 Å². The molecule has 0 bridgehead atoms. The smallest absolute Gasteiger partial charge is 0.223 e. The Bertz CT molecular complexity index is 322. The molecule has 5 heteroatoms. The summed E-state index contributed by atoms with van der Waals surface area (Å²) in [6, 6.07) is 1.27. The van der Waals surface area contributed by atoms with E-state index in [1.807, 2.05) is 7.05 Å². The second kappa shape index (κ2) is 7.80. The third kappa shape index (κ3) is 5.07. The van der Waals surface area contributed by atoms with Crippen LogP contribution in [0.1, 0.15) is 46.0 Å². The van der Waals surface area contributed by atoms with Gasteiger partial charge in [-0.2, -0.15) is 0 Å². The second-order valence-electron chi connectivity index (χ2n) is 5.51. The van der Waals surface area contributed by atoms with Gasteiger partial charge in [-0.3, -0.25) is 9.69 Å². The summed E-state index contributed by atoms with van der Waals surface area (Å²) in [5.41, 5.74) is 5.45. The molecule has 1 fully saturated rings. The van der Waals surface area contributed by atoms with Gasteiger partial charge in [-0.1, -0.05) is 19.1 Å². The standard InChI is InChI=1S/C14H27N3OS/c1-4-12-6-5-11(2)17(12)10-8-14(18)16(3)9-7-13(15)19/h11-12H,4-10H2,1-3H3,(H2,15,19). The van der Waals surface area contributed by atoms with Gasteiger partial charge in [-0.25, -0.2) is 0 Å². The molecular weight excluding hydrogens is 258 g/mol. The lowest BCUT2D eigenvalue weighted by Gasteiger charge is -2.28. The van der Waals surface area contributed by atoms with Crippen molar-refractivity contribution in [3.8, 4) is 0 Å². The summed E-state index contributed by atoms with van der Waals surface area (Å²) in [7, 11) is 1.82. The third-order valence-electron chi connectivity index (χ3n) is 4.13. The molecule has 0 spiro atoms. The summed E-state index contributed by atoms with van der Waals surface area (Å²) in [6.07, 6.45) is 4.90. The largest absolute Gasteiger partial charge is 0.393 e. The fourth-order valence-corrected chi connectivity index (χ4v) is 2.88. The highest BCUT2D eigenvalue weighted by molar-refractivity contribution is 7.80. The molecule has 0 radical (unpaired) electrons. The van der Waals surface area contributed by atoms with Crippen LogP contribution >= 0.6 is 12.2 Å². The van der Waals surface area contributed by atoms with Crippen LogP contribution in [0.25, 0.3) is 0 Å². The van der Waals surface area contributed by atoms with Crippen molar-refractivity contribution in [2.24, 2.45) is 5.73 Å². The van der Waals surface area contributed by atoms with Gasteiger partial charge in [0, 0.05) is 45.1 Å². The molecule has 2 unspecified atom stereocenters. The molecule has 1 aliphatic rings. The summed E-state index contributed by atoms with van der Waals surface area (Å²) in [4.78, 5) is 16.7. The molecule has 1 aliphatic heterocycles. The summed E-state index contributed by atoms with van der Waals surface area (Å²) in [5, 5.41) is 0. The Kier molecular flexibility index (Phi) is 6.72. The maximum Gasteiger partial charge on any atom is 0.223 e. The number of likely N-dealkylation sites (tertiary alicyclic amines) is 1. The zero-order chi connectivity index (χ0) is 14.4. The average Bonchev–Trinajstić information content (AvgIpc) is 2.73. The molecule has 4 nitrogen and oxygen atoms in total. The number of carbonyl (C=O) groups excluding carboxylic acids is 1. The topological polar surface area (TPSA) is 49.6 Å². The van der Waals surface area contributed by atoms with Crippen LogP contribution in [0.3, 0.4) is 0 Å². The SMILES string of the molecule is CCC1CCC(C)N1CCC(=O)N(C)CCC(N)=S. The van der Waals surface area contributed by atoms with Gasteiger partial charge in [0.25, 0.3) is 0 Å². The van der Waals surface area contributed by atoms with Gasteiger partial charge in [-0.05, 0) is 26.2 Å². The van der Waals surface area contributed by atoms with Gasteiger partial charge in [0.05, 0.1) is 4.99 Å². The Balaban J connectivity index is 2.34. The molecule has 1 rings (SSSR count). The Morgan fingerprint density at radius 1 is 1.42 bits per heavy atom. The van der Waals surface area contributed by atoms with Gasteiger partial charge in [0.1, 0.15) is 0 Å². The minimum Gasteiger partial charge on any atom is -0.393 e. The maximum absolute atomic E-state index is 12.0. The summed E-state index contributed by atoms with van der Waals surface area (Å²) in [6.45, 7) is 5.99. The number of thiocarbonyl (C=S) groups is 1. The number of amides is 1. The van der Waals surface area contributed by atoms with E-state index >= 15 is 0 Å². The van der Waals surface area contributed by atoms with Crippen LogP contribution in [0, 0.1) is 0 Å². The lowest BCUT2D eigenvalue weighted by atomic mass is 10.1. The highest BCUT2D eigenvalue weighted by atomic mass is 32.1. The lowest BCUT2D eigenvalue weighted by Crippen LogP contribution is -2.38. The van der Waals surface area contributed by atoms with E-state index in [0.29, 0.717) is 36.5 Å². The van der Waals surface area contributed by atoms with E-state index in [-0.39, 0.29) is 5.91 Å². The first-order valence-corrected chi connectivity index (χ1v) is 7.64. The molecular formula is C14H27N3OS. The van der Waals surface area contributed by atoms with E-state index in [9.17, 15) is 4.79 Å². The maximum atomic E-state index is 12.0. The highest BCUT2D eigenvalue weighted by Gasteiger charge is 2.29. The van der Waals surface area contributed by atoms with Crippen molar-refractivity contribution < 1.29 is 4.79 Å². The zero-order valence-electron chi connectivity index (χ0n) is 12.4. The van der Waals surface area contributed by atoms with Crippen molar-refractivity contribution in [2.45, 2.75) is 58.0 Å². The molecule has 1 saturated heterocycles. The van der Waals surface area contributed by atoms with Crippen molar-refractivity contribution in [1.29, 1.82) is 0 Å². The normalized spacial score (nSPS) is 23.5. The van der Waals surface area contributed by atoms with E-state index in [1.165, 1.54) is 19.3 Å². The van der Waals surface area contributed by atoms with E-state index in [2.05, 4.69) is 18.7 Å². The summed E-state index contributed by atoms with van der Waals surface area (Å²) >= 11 is 4.83. The molecule has 0 aliphatic carbocycles. The minimum atomic E-state index is 0.185. The Hall–Kier alpha value is -0.680. The quantitative estimate of drug-likeness (QED) is 0.724. The molecule has 0 aromatic carbocycles. The van der Waals surface area contributed by atoms with E-state index < -0.39 is 0 Å². The number of nitrogens with zero attached hydrogens (tertiary/aromatic N) is 2. The lowest BCUT2D eigenvalue weighted by molar-refractivity contribution is -0.130. The van der Waals surface area contributed by atoms with Crippen LogP contribution in [0.5, 0.6) is 0 Å². The zero-order valence-corrected chi connectivity index (χ0v) is 13.2. The fourth-order valence-electron chi connectivity index (χ4n) is 2.78. The number of hydrogen-bond acceptors (Lipinski definition) is 3. The average molecular weight is 285 g/mol. The van der Waals surface area contributed by atoms with Crippen LogP contribution in [-0.2, 0) is 4.79 Å². The van der Waals surface area contributed by atoms with Crippen molar-refractivity contribution in [3.63, 3.8) is 0 Å². The Morgan fingerprint density at radius 2 is 2.11 bits per heavy atom. The predicted octanol–water partition coefficient (Wildman–Crippen LogP) is 1.77. The Morgan fingerprint density at radius 3 is 2.68 bits per heavy atom. The first kappa shape index (κ1) is 16.4. The fraction of sp³-hybridized carbons (Fsp3) is 0.857. The number of nitrogens with two attached hydrogens (primary N) is 1. The van der Waals surface area contributed by atoms with E-state index in [0.717, 1.165) is 6.54 Å². The molecule has 2 N–H and O–H groups in total. The monoisotopic (exact) mass is 285 g/mol. The van der Waals surface area contributed by atoms with E-state index in [1.54, 1.807) is 4.90 Å². The van der Waals surface area contributed by atoms with Crippen molar-refractivity contribution in [1.82, 2.24) is 9.80 Å². The third-order valence-corrected chi connectivity index (χ3v) is 4.33. The summed E-state index contributed by atoms with van der Waals surface area (Å²) < 4.78 is 0. The van der Waals surface area contributed by atoms with Gasteiger partial charge in [-0.15, -0.1) is 0 Å². The van der Waals surface area contributed by atoms with Gasteiger partial charge in [0.2, 0.25) is 5.91 Å². The highest BCUT2D eigenvalue weighted by Crippen LogP contribution is 2.25. The minimum absolute atomic E-state index is 0.185. The van der Waals surface area contributed by atoms with Crippen molar-refractivity contribution in [3.05, 3.63) is 0 Å². The second-order valence-corrected chi connectivity index (χ2v) is 6.03. The van der Waals surface area contributed by atoms with Gasteiger partial charge in [0.15, 0.2) is 0 Å². The first-order chi connectivity index (χ1) is 8.95. The molecule has 1 amide bonds. The Labute approximate surface area is 122 Å². The first-order valence-electron chi connectivity index (χ1n) is 7.23. The predicted molar refractivity (Wildman–Crippen MR) is 83.1 cm³/mol. The van der Waals surface area contributed by atoms with Gasteiger partial charge >= 0.3 is 0 Å². The van der Waals surface area contributed by atoms with Crippen LogP contribution < -0.4 is 5.73 Å². The molecule has 0 saturated carbocycles. The van der Waals surface area contributed by atoms with Crippen LogP contribution in [0.2, 0.25) is 0 Å². The van der Waals surface area contributed by atoms with Gasteiger partial charge < -0.3 is 10.6 Å². The van der Waals surface area contributed by atoms with Crippen LogP contribution in [0.15, 0.2) is 0 Å². The molecule has 0 aromatic rings.